The van der Waals surface area contributed by atoms with Crippen molar-refractivity contribution in [3.63, 3.8) is 0 Å². The van der Waals surface area contributed by atoms with Crippen LogP contribution in [0.25, 0.3) is 0 Å². The van der Waals surface area contributed by atoms with E-state index in [1.807, 2.05) is 0 Å². The Balaban J connectivity index is 2.43. The molecule has 106 valence electrons. The Morgan fingerprint density at radius 3 is 2.58 bits per heavy atom. The van der Waals surface area contributed by atoms with E-state index in [1.165, 1.54) is 12.1 Å². The van der Waals surface area contributed by atoms with E-state index in [0.717, 1.165) is 19.3 Å². The van der Waals surface area contributed by atoms with Crippen LogP contribution in [-0.4, -0.2) is 20.2 Å². The standard InChI is InChI=1S/C13H17Cl2NO2S/c14-10-5-6-11(15)13(7-10)19(17,18)12-4-2-1-3-9(12)8-16/h5-7,9,12H,1-4,8,16H2. The highest BCUT2D eigenvalue weighted by Crippen LogP contribution is 2.36. The molecule has 1 aliphatic carbocycles. The molecular weight excluding hydrogens is 305 g/mol. The lowest BCUT2D eigenvalue weighted by Crippen LogP contribution is -2.37. The van der Waals surface area contributed by atoms with Crippen LogP contribution in [-0.2, 0) is 9.84 Å². The Labute approximate surface area is 124 Å². The topological polar surface area (TPSA) is 60.2 Å². The van der Waals surface area contributed by atoms with Crippen LogP contribution in [0, 0.1) is 5.92 Å². The maximum Gasteiger partial charge on any atom is 0.183 e. The smallest absolute Gasteiger partial charge is 0.183 e. The van der Waals surface area contributed by atoms with E-state index >= 15 is 0 Å². The van der Waals surface area contributed by atoms with E-state index in [0.29, 0.717) is 18.0 Å². The van der Waals surface area contributed by atoms with Crippen LogP contribution >= 0.6 is 23.2 Å². The molecule has 1 saturated carbocycles. The zero-order chi connectivity index (χ0) is 14.0. The average molecular weight is 322 g/mol. The summed E-state index contributed by atoms with van der Waals surface area (Å²) in [5, 5.41) is 0.163. The van der Waals surface area contributed by atoms with Crippen molar-refractivity contribution >= 4 is 33.0 Å². The molecule has 0 aromatic heterocycles. The van der Waals surface area contributed by atoms with Gasteiger partial charge in [0.15, 0.2) is 9.84 Å². The van der Waals surface area contributed by atoms with Crippen molar-refractivity contribution in [1.29, 1.82) is 0 Å². The third kappa shape index (κ3) is 3.07. The Morgan fingerprint density at radius 2 is 1.89 bits per heavy atom. The van der Waals surface area contributed by atoms with Crippen molar-refractivity contribution in [3.8, 4) is 0 Å². The molecule has 1 aromatic rings. The SMILES string of the molecule is NCC1CCCCC1S(=O)(=O)c1cc(Cl)ccc1Cl. The number of hydrogen-bond acceptors (Lipinski definition) is 3. The third-order valence-electron chi connectivity index (χ3n) is 3.74. The van der Waals surface area contributed by atoms with Gasteiger partial charge in [-0.25, -0.2) is 8.42 Å². The lowest BCUT2D eigenvalue weighted by atomic mass is 9.89. The number of nitrogens with two attached hydrogens (primary N) is 1. The van der Waals surface area contributed by atoms with Crippen LogP contribution in [0.2, 0.25) is 10.0 Å². The van der Waals surface area contributed by atoms with Crippen LogP contribution in [0.15, 0.2) is 23.1 Å². The fourth-order valence-electron chi connectivity index (χ4n) is 2.71. The van der Waals surface area contributed by atoms with Crippen LogP contribution in [0.4, 0.5) is 0 Å². The summed E-state index contributed by atoms with van der Waals surface area (Å²) in [6.07, 6.45) is 3.46. The third-order valence-corrected chi connectivity index (χ3v) is 6.79. The molecule has 1 fully saturated rings. The number of hydrogen-bond donors (Lipinski definition) is 1. The summed E-state index contributed by atoms with van der Waals surface area (Å²) in [6, 6.07) is 4.54. The number of rotatable bonds is 3. The number of sulfone groups is 1. The predicted molar refractivity (Wildman–Crippen MR) is 78.4 cm³/mol. The largest absolute Gasteiger partial charge is 0.330 e. The van der Waals surface area contributed by atoms with E-state index in [9.17, 15) is 8.42 Å². The fourth-order valence-corrected chi connectivity index (χ4v) is 5.58. The van der Waals surface area contributed by atoms with Crippen molar-refractivity contribution in [3.05, 3.63) is 28.2 Å². The summed E-state index contributed by atoms with van der Waals surface area (Å²) in [5.41, 5.74) is 5.71. The predicted octanol–water partition coefficient (Wildman–Crippen LogP) is 3.28. The highest BCUT2D eigenvalue weighted by atomic mass is 35.5. The Morgan fingerprint density at radius 1 is 1.21 bits per heavy atom. The van der Waals surface area contributed by atoms with Crippen molar-refractivity contribution in [2.45, 2.75) is 35.8 Å². The minimum absolute atomic E-state index is 0.00815. The minimum Gasteiger partial charge on any atom is -0.330 e. The molecule has 2 atom stereocenters. The first kappa shape index (κ1) is 15.1. The van der Waals surface area contributed by atoms with Gasteiger partial charge in [0.1, 0.15) is 0 Å². The van der Waals surface area contributed by atoms with Gasteiger partial charge in [-0.3, -0.25) is 0 Å². The molecule has 0 heterocycles. The summed E-state index contributed by atoms with van der Waals surface area (Å²) in [7, 11) is -3.47. The maximum absolute atomic E-state index is 12.7. The molecule has 1 aliphatic rings. The van der Waals surface area contributed by atoms with Crippen molar-refractivity contribution < 1.29 is 8.42 Å². The molecule has 2 N–H and O–H groups in total. The van der Waals surface area contributed by atoms with Gasteiger partial charge in [0.05, 0.1) is 15.2 Å². The number of halogens is 2. The van der Waals surface area contributed by atoms with Crippen molar-refractivity contribution in [2.75, 3.05) is 6.54 Å². The van der Waals surface area contributed by atoms with Gasteiger partial charge in [0.2, 0.25) is 0 Å². The summed E-state index contributed by atoms with van der Waals surface area (Å²) in [4.78, 5) is 0.131. The molecule has 0 spiro atoms. The summed E-state index contributed by atoms with van der Waals surface area (Å²) >= 11 is 11.9. The fraction of sp³-hybridized carbons (Fsp3) is 0.538. The molecule has 0 amide bonds. The van der Waals surface area contributed by atoms with Gasteiger partial charge < -0.3 is 5.73 Å². The van der Waals surface area contributed by atoms with Gasteiger partial charge >= 0.3 is 0 Å². The molecule has 1 aromatic carbocycles. The zero-order valence-corrected chi connectivity index (χ0v) is 12.8. The lowest BCUT2D eigenvalue weighted by molar-refractivity contribution is 0.363. The second kappa shape index (κ2) is 6.00. The van der Waals surface area contributed by atoms with Crippen molar-refractivity contribution in [1.82, 2.24) is 0 Å². The number of benzene rings is 1. The van der Waals surface area contributed by atoms with E-state index < -0.39 is 15.1 Å². The first-order chi connectivity index (χ1) is 8.96. The zero-order valence-electron chi connectivity index (χ0n) is 10.5. The van der Waals surface area contributed by atoms with Crippen molar-refractivity contribution in [2.24, 2.45) is 11.7 Å². The van der Waals surface area contributed by atoms with Gasteiger partial charge in [-0.1, -0.05) is 36.0 Å². The van der Waals surface area contributed by atoms with Crippen LogP contribution in [0.5, 0.6) is 0 Å². The summed E-state index contributed by atoms with van der Waals surface area (Å²) < 4.78 is 25.5. The Hall–Kier alpha value is -0.290. The van der Waals surface area contributed by atoms with Gasteiger partial charge in [0, 0.05) is 5.02 Å². The minimum atomic E-state index is -3.47. The molecule has 0 saturated heterocycles. The molecule has 3 nitrogen and oxygen atoms in total. The van der Waals surface area contributed by atoms with Crippen LogP contribution in [0.3, 0.4) is 0 Å². The lowest BCUT2D eigenvalue weighted by Gasteiger charge is -2.30. The molecule has 6 heteroatoms. The average Bonchev–Trinajstić information content (AvgIpc) is 2.41. The van der Waals surface area contributed by atoms with Gasteiger partial charge in [-0.05, 0) is 43.5 Å². The second-order valence-electron chi connectivity index (χ2n) is 4.94. The van der Waals surface area contributed by atoms with Crippen LogP contribution in [0.1, 0.15) is 25.7 Å². The molecule has 0 radical (unpaired) electrons. The summed E-state index contributed by atoms with van der Waals surface area (Å²) in [6.45, 7) is 0.391. The van der Waals surface area contributed by atoms with Gasteiger partial charge in [-0.2, -0.15) is 0 Å². The first-order valence-corrected chi connectivity index (χ1v) is 8.66. The maximum atomic E-state index is 12.7. The van der Waals surface area contributed by atoms with E-state index in [-0.39, 0.29) is 15.8 Å². The van der Waals surface area contributed by atoms with Gasteiger partial charge in [-0.15, -0.1) is 0 Å². The first-order valence-electron chi connectivity index (χ1n) is 6.36. The second-order valence-corrected chi connectivity index (χ2v) is 7.92. The Bertz CT molecular complexity index is 560. The monoisotopic (exact) mass is 321 g/mol. The van der Waals surface area contributed by atoms with Gasteiger partial charge in [0.25, 0.3) is 0 Å². The van der Waals surface area contributed by atoms with E-state index in [2.05, 4.69) is 0 Å². The van der Waals surface area contributed by atoms with E-state index in [4.69, 9.17) is 28.9 Å². The van der Waals surface area contributed by atoms with E-state index in [1.54, 1.807) is 6.07 Å². The quantitative estimate of drug-likeness (QED) is 0.929. The molecule has 0 aliphatic heterocycles. The highest BCUT2D eigenvalue weighted by molar-refractivity contribution is 7.92. The normalized spacial score (nSPS) is 24.4. The molecule has 0 bridgehead atoms. The molecule has 2 rings (SSSR count). The highest BCUT2D eigenvalue weighted by Gasteiger charge is 2.36. The molecule has 2 unspecified atom stereocenters. The Kier molecular flexibility index (Phi) is 4.77. The molecular formula is C13H17Cl2NO2S. The summed E-state index contributed by atoms with van der Waals surface area (Å²) in [5.74, 6) is 0.00815. The molecule has 19 heavy (non-hydrogen) atoms. The van der Waals surface area contributed by atoms with Crippen LogP contribution < -0.4 is 5.73 Å².